The maximum absolute atomic E-state index is 5.67. The van der Waals surface area contributed by atoms with Crippen molar-refractivity contribution in [2.45, 2.75) is 13.5 Å². The number of nitrogens with one attached hydrogen (secondary N) is 1. The maximum Gasteiger partial charge on any atom is 0.138 e. The van der Waals surface area contributed by atoms with Gasteiger partial charge in [-0.25, -0.2) is 9.97 Å². The fourth-order valence-electron chi connectivity index (χ4n) is 1.83. The normalized spacial score (nSPS) is 10.3. The molecular formula is C14H19N5. The van der Waals surface area contributed by atoms with Crippen LogP contribution < -0.4 is 16.0 Å². The Bertz CT molecular complexity index is 541. The molecule has 19 heavy (non-hydrogen) atoms. The van der Waals surface area contributed by atoms with Crippen molar-refractivity contribution in [3.8, 4) is 0 Å². The van der Waals surface area contributed by atoms with E-state index in [4.69, 9.17) is 5.73 Å². The Balaban J connectivity index is 2.27. The van der Waals surface area contributed by atoms with Crippen LogP contribution >= 0.6 is 0 Å². The first kappa shape index (κ1) is 13.3. The van der Waals surface area contributed by atoms with Gasteiger partial charge < -0.3 is 16.0 Å². The summed E-state index contributed by atoms with van der Waals surface area (Å²) in [6.45, 7) is 3.41. The summed E-state index contributed by atoms with van der Waals surface area (Å²) >= 11 is 0. The molecule has 0 spiro atoms. The zero-order chi connectivity index (χ0) is 13.7. The lowest BCUT2D eigenvalue weighted by molar-refractivity contribution is 1.04. The summed E-state index contributed by atoms with van der Waals surface area (Å²) < 4.78 is 0. The molecule has 0 saturated heterocycles. The predicted octanol–water partition coefficient (Wildman–Crippen LogP) is 2.13. The molecule has 0 unspecified atom stereocenters. The Hall–Kier alpha value is -2.14. The molecule has 5 nitrogen and oxygen atoms in total. The van der Waals surface area contributed by atoms with Gasteiger partial charge in [0.2, 0.25) is 0 Å². The lowest BCUT2D eigenvalue weighted by Crippen LogP contribution is -2.13. The summed E-state index contributed by atoms with van der Waals surface area (Å²) in [5.41, 5.74) is 7.83. The first-order chi connectivity index (χ1) is 9.24. The molecular weight excluding hydrogens is 238 g/mol. The summed E-state index contributed by atoms with van der Waals surface area (Å²) in [6.07, 6.45) is 1.57. The SMILES string of the molecule is CCNc1cc(N(C)c2cccc(CN)c2)ncn1. The van der Waals surface area contributed by atoms with E-state index in [1.165, 1.54) is 0 Å². The molecule has 0 aliphatic heterocycles. The minimum atomic E-state index is 0.536. The molecule has 100 valence electrons. The Kier molecular flexibility index (Phi) is 4.30. The second-order valence-corrected chi connectivity index (χ2v) is 4.22. The van der Waals surface area contributed by atoms with Gasteiger partial charge >= 0.3 is 0 Å². The molecule has 0 aliphatic carbocycles. The van der Waals surface area contributed by atoms with Crippen LogP contribution in [-0.4, -0.2) is 23.6 Å². The average molecular weight is 257 g/mol. The lowest BCUT2D eigenvalue weighted by Gasteiger charge is -2.19. The molecule has 5 heteroatoms. The van der Waals surface area contributed by atoms with Gasteiger partial charge in [-0.2, -0.15) is 0 Å². The van der Waals surface area contributed by atoms with Crippen molar-refractivity contribution in [1.29, 1.82) is 0 Å². The van der Waals surface area contributed by atoms with Crippen molar-refractivity contribution >= 4 is 17.3 Å². The molecule has 0 atom stereocenters. The maximum atomic E-state index is 5.67. The molecule has 2 rings (SSSR count). The van der Waals surface area contributed by atoms with Crippen LogP contribution in [0.1, 0.15) is 12.5 Å². The number of hydrogen-bond donors (Lipinski definition) is 2. The molecule has 1 aromatic carbocycles. The Morgan fingerprint density at radius 2 is 2.11 bits per heavy atom. The fraction of sp³-hybridized carbons (Fsp3) is 0.286. The zero-order valence-electron chi connectivity index (χ0n) is 11.3. The van der Waals surface area contributed by atoms with Crippen molar-refractivity contribution in [3.63, 3.8) is 0 Å². The van der Waals surface area contributed by atoms with E-state index >= 15 is 0 Å². The number of aromatic nitrogens is 2. The van der Waals surface area contributed by atoms with Gasteiger partial charge in [0.1, 0.15) is 18.0 Å². The van der Waals surface area contributed by atoms with Gasteiger partial charge in [-0.05, 0) is 24.6 Å². The Morgan fingerprint density at radius 1 is 1.26 bits per heavy atom. The van der Waals surface area contributed by atoms with Gasteiger partial charge in [-0.15, -0.1) is 0 Å². The molecule has 0 radical (unpaired) electrons. The zero-order valence-corrected chi connectivity index (χ0v) is 11.3. The number of nitrogens with zero attached hydrogens (tertiary/aromatic N) is 3. The molecule has 0 fully saturated rings. The van der Waals surface area contributed by atoms with E-state index in [1.807, 2.05) is 43.1 Å². The topological polar surface area (TPSA) is 67.1 Å². The minimum absolute atomic E-state index is 0.536. The van der Waals surface area contributed by atoms with Crippen LogP contribution in [0.4, 0.5) is 17.3 Å². The second-order valence-electron chi connectivity index (χ2n) is 4.22. The van der Waals surface area contributed by atoms with Crippen LogP contribution in [-0.2, 0) is 6.54 Å². The van der Waals surface area contributed by atoms with Crippen molar-refractivity contribution in [1.82, 2.24) is 9.97 Å². The van der Waals surface area contributed by atoms with Crippen molar-refractivity contribution in [2.75, 3.05) is 23.8 Å². The summed E-state index contributed by atoms with van der Waals surface area (Å²) in [5, 5.41) is 3.18. The Morgan fingerprint density at radius 3 is 2.84 bits per heavy atom. The van der Waals surface area contributed by atoms with E-state index < -0.39 is 0 Å². The van der Waals surface area contributed by atoms with Gasteiger partial charge in [0, 0.05) is 31.9 Å². The van der Waals surface area contributed by atoms with Crippen LogP contribution in [0.15, 0.2) is 36.7 Å². The number of nitrogens with two attached hydrogens (primary N) is 1. The molecule has 0 bridgehead atoms. The van der Waals surface area contributed by atoms with Crippen LogP contribution in [0.5, 0.6) is 0 Å². The lowest BCUT2D eigenvalue weighted by atomic mass is 10.2. The van der Waals surface area contributed by atoms with Gasteiger partial charge in [-0.3, -0.25) is 0 Å². The third-order valence-electron chi connectivity index (χ3n) is 2.89. The molecule has 1 heterocycles. The highest BCUT2D eigenvalue weighted by Crippen LogP contribution is 2.23. The monoisotopic (exact) mass is 257 g/mol. The fourth-order valence-corrected chi connectivity index (χ4v) is 1.83. The van der Waals surface area contributed by atoms with E-state index in [9.17, 15) is 0 Å². The quantitative estimate of drug-likeness (QED) is 0.859. The van der Waals surface area contributed by atoms with Gasteiger partial charge in [0.15, 0.2) is 0 Å². The molecule has 0 amide bonds. The van der Waals surface area contributed by atoms with Crippen LogP contribution in [0.2, 0.25) is 0 Å². The summed E-state index contributed by atoms with van der Waals surface area (Å²) in [6, 6.07) is 10.0. The highest BCUT2D eigenvalue weighted by atomic mass is 15.2. The van der Waals surface area contributed by atoms with E-state index in [2.05, 4.69) is 21.4 Å². The third kappa shape index (κ3) is 3.20. The second kappa shape index (κ2) is 6.15. The molecule has 0 saturated carbocycles. The first-order valence-corrected chi connectivity index (χ1v) is 6.33. The Labute approximate surface area is 113 Å². The smallest absolute Gasteiger partial charge is 0.138 e. The number of anilines is 3. The summed E-state index contributed by atoms with van der Waals surface area (Å²) in [4.78, 5) is 10.5. The largest absolute Gasteiger partial charge is 0.370 e. The number of hydrogen-bond acceptors (Lipinski definition) is 5. The molecule has 0 aliphatic rings. The number of benzene rings is 1. The first-order valence-electron chi connectivity index (χ1n) is 6.33. The highest BCUT2D eigenvalue weighted by molar-refractivity contribution is 5.62. The van der Waals surface area contributed by atoms with E-state index in [0.29, 0.717) is 6.54 Å². The number of rotatable bonds is 5. The molecule has 2 aromatic rings. The predicted molar refractivity (Wildman–Crippen MR) is 78.6 cm³/mol. The summed E-state index contributed by atoms with van der Waals surface area (Å²) in [5.74, 6) is 1.68. The van der Waals surface area contributed by atoms with Crippen molar-refractivity contribution in [2.24, 2.45) is 5.73 Å². The van der Waals surface area contributed by atoms with Gasteiger partial charge in [0.05, 0.1) is 0 Å². The summed E-state index contributed by atoms with van der Waals surface area (Å²) in [7, 11) is 1.98. The molecule has 1 aromatic heterocycles. The minimum Gasteiger partial charge on any atom is -0.370 e. The van der Waals surface area contributed by atoms with Crippen LogP contribution in [0.25, 0.3) is 0 Å². The van der Waals surface area contributed by atoms with Gasteiger partial charge in [0.25, 0.3) is 0 Å². The van der Waals surface area contributed by atoms with Crippen LogP contribution in [0.3, 0.4) is 0 Å². The van der Waals surface area contributed by atoms with Crippen molar-refractivity contribution < 1.29 is 0 Å². The van der Waals surface area contributed by atoms with Gasteiger partial charge in [-0.1, -0.05) is 12.1 Å². The van der Waals surface area contributed by atoms with E-state index in [0.717, 1.165) is 29.4 Å². The standard InChI is InChI=1S/C14H19N5/c1-3-16-13-8-14(18-10-17-13)19(2)12-6-4-5-11(7-12)9-15/h4-8,10H,3,9,15H2,1-2H3,(H,16,17,18). The average Bonchev–Trinajstić information content (AvgIpc) is 2.47. The third-order valence-corrected chi connectivity index (χ3v) is 2.89. The van der Waals surface area contributed by atoms with E-state index in [1.54, 1.807) is 6.33 Å². The van der Waals surface area contributed by atoms with Crippen molar-refractivity contribution in [3.05, 3.63) is 42.2 Å². The van der Waals surface area contributed by atoms with Crippen LogP contribution in [0, 0.1) is 0 Å². The van der Waals surface area contributed by atoms with E-state index in [-0.39, 0.29) is 0 Å². The highest BCUT2D eigenvalue weighted by Gasteiger charge is 2.07. The molecule has 3 N–H and O–H groups in total.